The summed E-state index contributed by atoms with van der Waals surface area (Å²) in [5.41, 5.74) is 3.98. The number of hydrazone groups is 1. The minimum atomic E-state index is -0.217. The molecule has 0 fully saturated rings. The van der Waals surface area contributed by atoms with E-state index in [0.29, 0.717) is 22.1 Å². The Bertz CT molecular complexity index is 748. The second kappa shape index (κ2) is 8.70. The van der Waals surface area contributed by atoms with Crippen LogP contribution in [0.1, 0.15) is 11.1 Å². The van der Waals surface area contributed by atoms with Crippen LogP contribution in [0.3, 0.4) is 0 Å². The largest absolute Gasteiger partial charge is 0.493 e. The van der Waals surface area contributed by atoms with Gasteiger partial charge >= 0.3 is 0 Å². The molecule has 2 aromatic carbocycles. The zero-order valence-electron chi connectivity index (χ0n) is 13.2. The number of nitrogens with one attached hydrogen (secondary N) is 1. The van der Waals surface area contributed by atoms with Gasteiger partial charge in [-0.2, -0.15) is 5.10 Å². The molecule has 0 bridgehead atoms. The van der Waals surface area contributed by atoms with E-state index in [1.54, 1.807) is 12.1 Å². The molecule has 0 atom stereocenters. The zero-order chi connectivity index (χ0) is 17.5. The number of rotatable bonds is 6. The van der Waals surface area contributed by atoms with Crippen molar-refractivity contribution < 1.29 is 14.3 Å². The lowest BCUT2D eigenvalue weighted by atomic mass is 10.1. The van der Waals surface area contributed by atoms with Gasteiger partial charge < -0.3 is 9.47 Å². The fourth-order valence-corrected chi connectivity index (χ4v) is 2.44. The quantitative estimate of drug-likeness (QED) is 0.581. The summed E-state index contributed by atoms with van der Waals surface area (Å²) in [6, 6.07) is 10.8. The Hall–Kier alpha value is -2.05. The Morgan fingerprint density at radius 2 is 1.83 bits per heavy atom. The van der Waals surface area contributed by atoms with E-state index >= 15 is 0 Å². The lowest BCUT2D eigenvalue weighted by molar-refractivity contribution is -0.120. The monoisotopic (exact) mass is 410 g/mol. The first kappa shape index (κ1) is 18.3. The average Bonchev–Trinajstić information content (AvgIpc) is 2.58. The number of amides is 1. The fourth-order valence-electron chi connectivity index (χ4n) is 1.97. The molecule has 0 aliphatic rings. The van der Waals surface area contributed by atoms with Crippen molar-refractivity contribution in [3.05, 3.63) is 57.0 Å². The van der Waals surface area contributed by atoms with Gasteiger partial charge in [-0.1, -0.05) is 39.7 Å². The van der Waals surface area contributed by atoms with Crippen molar-refractivity contribution in [3.8, 4) is 11.5 Å². The fraction of sp³-hybridized carbons (Fsp3) is 0.176. The molecule has 2 rings (SSSR count). The summed E-state index contributed by atoms with van der Waals surface area (Å²) < 4.78 is 11.3. The summed E-state index contributed by atoms with van der Waals surface area (Å²) in [7, 11) is 3.07. The molecule has 2 aromatic rings. The highest BCUT2D eigenvalue weighted by molar-refractivity contribution is 9.10. The van der Waals surface area contributed by atoms with E-state index in [2.05, 4.69) is 26.5 Å². The molecule has 1 amide bonds. The first-order valence-corrected chi connectivity index (χ1v) is 8.18. The van der Waals surface area contributed by atoms with E-state index < -0.39 is 0 Å². The van der Waals surface area contributed by atoms with Gasteiger partial charge in [0.1, 0.15) is 0 Å². The van der Waals surface area contributed by atoms with Crippen LogP contribution in [0.25, 0.3) is 0 Å². The highest BCUT2D eigenvalue weighted by Crippen LogP contribution is 2.32. The first-order chi connectivity index (χ1) is 11.5. The molecular formula is C17H16BrClN2O3. The number of ether oxygens (including phenoxy) is 2. The molecule has 1 N–H and O–H groups in total. The summed E-state index contributed by atoms with van der Waals surface area (Å²) in [5, 5.41) is 4.38. The molecule has 0 unspecified atom stereocenters. The van der Waals surface area contributed by atoms with Gasteiger partial charge in [0, 0.05) is 16.1 Å². The van der Waals surface area contributed by atoms with Gasteiger partial charge in [-0.05, 0) is 23.8 Å². The van der Waals surface area contributed by atoms with Crippen LogP contribution in [-0.2, 0) is 11.2 Å². The number of hydrogen-bond acceptors (Lipinski definition) is 4. The van der Waals surface area contributed by atoms with Crippen molar-refractivity contribution in [1.29, 1.82) is 0 Å². The Labute approximate surface area is 153 Å². The SMILES string of the molecule is COc1cc(Cl)c(/C=N/NC(=O)Cc2ccc(Br)cc2)cc1OC. The molecule has 0 radical (unpaired) electrons. The van der Waals surface area contributed by atoms with E-state index in [4.69, 9.17) is 21.1 Å². The number of carbonyl (C=O) groups is 1. The summed E-state index contributed by atoms with van der Waals surface area (Å²) in [5.74, 6) is 0.841. The molecule has 0 spiro atoms. The molecule has 126 valence electrons. The maximum absolute atomic E-state index is 11.9. The summed E-state index contributed by atoms with van der Waals surface area (Å²) in [6.07, 6.45) is 1.70. The summed E-state index contributed by atoms with van der Waals surface area (Å²) >= 11 is 9.51. The average molecular weight is 412 g/mol. The molecule has 0 aliphatic carbocycles. The summed E-state index contributed by atoms with van der Waals surface area (Å²) in [6.45, 7) is 0. The third kappa shape index (κ3) is 4.97. The zero-order valence-corrected chi connectivity index (χ0v) is 15.5. The Balaban J connectivity index is 2.00. The van der Waals surface area contributed by atoms with Crippen LogP contribution < -0.4 is 14.9 Å². The van der Waals surface area contributed by atoms with Gasteiger partial charge in [0.2, 0.25) is 5.91 Å². The molecule has 24 heavy (non-hydrogen) atoms. The number of carbonyl (C=O) groups excluding carboxylic acids is 1. The normalized spacial score (nSPS) is 10.7. The smallest absolute Gasteiger partial charge is 0.244 e. The topological polar surface area (TPSA) is 59.9 Å². The van der Waals surface area contributed by atoms with Gasteiger partial charge in [-0.3, -0.25) is 4.79 Å². The van der Waals surface area contributed by atoms with Gasteiger partial charge in [0.25, 0.3) is 0 Å². The van der Waals surface area contributed by atoms with E-state index in [1.807, 2.05) is 24.3 Å². The van der Waals surface area contributed by atoms with Crippen molar-refractivity contribution >= 4 is 39.7 Å². The Morgan fingerprint density at radius 1 is 1.21 bits per heavy atom. The lowest BCUT2D eigenvalue weighted by Gasteiger charge is -2.09. The Kier molecular flexibility index (Phi) is 6.63. The maximum atomic E-state index is 11.9. The molecule has 0 aromatic heterocycles. The molecular weight excluding hydrogens is 396 g/mol. The van der Waals surface area contributed by atoms with Crippen molar-refractivity contribution in [2.75, 3.05) is 14.2 Å². The molecule has 0 saturated heterocycles. The number of halogens is 2. The lowest BCUT2D eigenvalue weighted by Crippen LogP contribution is -2.19. The van der Waals surface area contributed by atoms with Gasteiger partial charge in [-0.15, -0.1) is 0 Å². The Morgan fingerprint density at radius 3 is 2.46 bits per heavy atom. The van der Waals surface area contributed by atoms with Crippen LogP contribution in [0.5, 0.6) is 11.5 Å². The molecule has 0 heterocycles. The highest BCUT2D eigenvalue weighted by Gasteiger charge is 2.08. The number of hydrogen-bond donors (Lipinski definition) is 1. The van der Waals surface area contributed by atoms with Gasteiger partial charge in [0.15, 0.2) is 11.5 Å². The van der Waals surface area contributed by atoms with Crippen molar-refractivity contribution in [3.63, 3.8) is 0 Å². The number of benzene rings is 2. The van der Waals surface area contributed by atoms with Crippen LogP contribution in [-0.4, -0.2) is 26.3 Å². The minimum absolute atomic E-state index is 0.217. The van der Waals surface area contributed by atoms with E-state index in [-0.39, 0.29) is 12.3 Å². The number of nitrogens with zero attached hydrogens (tertiary/aromatic N) is 1. The van der Waals surface area contributed by atoms with Gasteiger partial charge in [0.05, 0.1) is 31.9 Å². The molecule has 7 heteroatoms. The molecule has 0 aliphatic heterocycles. The third-order valence-corrected chi connectivity index (χ3v) is 4.03. The predicted molar refractivity (Wildman–Crippen MR) is 98.1 cm³/mol. The van der Waals surface area contributed by atoms with Crippen LogP contribution in [0.15, 0.2) is 46.0 Å². The van der Waals surface area contributed by atoms with Crippen LogP contribution in [0.4, 0.5) is 0 Å². The van der Waals surface area contributed by atoms with Crippen molar-refractivity contribution in [2.24, 2.45) is 5.10 Å². The molecule has 0 saturated carbocycles. The van der Waals surface area contributed by atoms with Crippen molar-refractivity contribution in [1.82, 2.24) is 5.43 Å². The van der Waals surface area contributed by atoms with Crippen molar-refractivity contribution in [2.45, 2.75) is 6.42 Å². The second-order valence-electron chi connectivity index (χ2n) is 4.83. The molecule has 5 nitrogen and oxygen atoms in total. The second-order valence-corrected chi connectivity index (χ2v) is 6.15. The van der Waals surface area contributed by atoms with E-state index in [0.717, 1.165) is 10.0 Å². The third-order valence-electron chi connectivity index (χ3n) is 3.17. The standard InChI is InChI=1S/C17H16BrClN2O3/c1-23-15-8-12(14(19)9-16(15)24-2)10-20-21-17(22)7-11-3-5-13(18)6-4-11/h3-6,8-10H,7H2,1-2H3,(H,21,22)/b20-10+. The van der Waals surface area contributed by atoms with Crippen LogP contribution in [0.2, 0.25) is 5.02 Å². The van der Waals surface area contributed by atoms with Crippen LogP contribution >= 0.6 is 27.5 Å². The predicted octanol–water partition coefficient (Wildman–Crippen LogP) is 3.81. The number of methoxy groups -OCH3 is 2. The van der Waals surface area contributed by atoms with Gasteiger partial charge in [-0.25, -0.2) is 5.43 Å². The van der Waals surface area contributed by atoms with E-state index in [1.165, 1.54) is 20.4 Å². The highest BCUT2D eigenvalue weighted by atomic mass is 79.9. The summed E-state index contributed by atoms with van der Waals surface area (Å²) in [4.78, 5) is 11.9. The van der Waals surface area contributed by atoms with E-state index in [9.17, 15) is 4.79 Å². The minimum Gasteiger partial charge on any atom is -0.493 e. The maximum Gasteiger partial charge on any atom is 0.244 e. The first-order valence-electron chi connectivity index (χ1n) is 7.01. The van der Waals surface area contributed by atoms with Crippen LogP contribution in [0, 0.1) is 0 Å².